The van der Waals surface area contributed by atoms with E-state index in [1.807, 2.05) is 12.1 Å². The molecule has 3 heterocycles. The van der Waals surface area contributed by atoms with Crippen molar-refractivity contribution in [2.45, 2.75) is 24.6 Å². The van der Waals surface area contributed by atoms with Gasteiger partial charge in [-0.15, -0.1) is 0 Å². The molecule has 158 valence electrons. The summed E-state index contributed by atoms with van der Waals surface area (Å²) < 4.78 is 29.9. The van der Waals surface area contributed by atoms with Gasteiger partial charge in [0.1, 0.15) is 5.52 Å². The summed E-state index contributed by atoms with van der Waals surface area (Å²) in [6.07, 6.45) is 5.49. The van der Waals surface area contributed by atoms with Crippen LogP contribution >= 0.6 is 0 Å². The first kappa shape index (κ1) is 20.2. The van der Waals surface area contributed by atoms with E-state index in [-0.39, 0.29) is 29.7 Å². The van der Waals surface area contributed by atoms with Gasteiger partial charge < -0.3 is 19.6 Å². The number of aryl methyl sites for hydroxylation is 1. The van der Waals surface area contributed by atoms with Crippen LogP contribution in [0.5, 0.6) is 0 Å². The molecule has 0 amide bonds. The van der Waals surface area contributed by atoms with Gasteiger partial charge >= 0.3 is 5.97 Å². The summed E-state index contributed by atoms with van der Waals surface area (Å²) in [7, 11) is -0.152. The van der Waals surface area contributed by atoms with E-state index in [9.17, 15) is 18.0 Å². The lowest BCUT2D eigenvalue weighted by atomic mass is 9.97. The number of nitrogens with zero attached hydrogens (tertiary/aromatic N) is 1. The number of ether oxygens (including phenoxy) is 1. The third kappa shape index (κ3) is 3.60. The zero-order valence-corrected chi connectivity index (χ0v) is 17.8. The SMILES string of the molecule is COC(=O)CCC1Nc2ccc(CS(C)(=O)=O)cc2-c2cn(C)c(=O)c3[nH]cc1c23. The number of carbonyl (C=O) groups excluding carboxylic acids is 1. The van der Waals surface area contributed by atoms with E-state index in [1.165, 1.54) is 17.9 Å². The van der Waals surface area contributed by atoms with Gasteiger partial charge in [0.05, 0.1) is 18.9 Å². The van der Waals surface area contributed by atoms with Crippen LogP contribution in [-0.4, -0.2) is 37.3 Å². The predicted octanol–water partition coefficient (Wildman–Crippen LogP) is 2.50. The number of carbonyl (C=O) groups is 1. The molecular formula is C21H23N3O5S. The molecule has 0 saturated carbocycles. The smallest absolute Gasteiger partial charge is 0.305 e. The van der Waals surface area contributed by atoms with E-state index in [0.29, 0.717) is 17.5 Å². The second-order valence-electron chi connectivity index (χ2n) is 7.71. The number of methoxy groups -OCH3 is 1. The molecule has 2 N–H and O–H groups in total. The van der Waals surface area contributed by atoms with Gasteiger partial charge in [-0.1, -0.05) is 6.07 Å². The highest BCUT2D eigenvalue weighted by Crippen LogP contribution is 2.43. The number of H-pyrrole nitrogens is 1. The van der Waals surface area contributed by atoms with Crippen LogP contribution in [0.15, 0.2) is 35.4 Å². The maximum Gasteiger partial charge on any atom is 0.305 e. The van der Waals surface area contributed by atoms with Gasteiger partial charge in [-0.2, -0.15) is 0 Å². The number of aromatic amines is 1. The van der Waals surface area contributed by atoms with Crippen LogP contribution in [-0.2, 0) is 32.2 Å². The fourth-order valence-corrected chi connectivity index (χ4v) is 4.84. The summed E-state index contributed by atoms with van der Waals surface area (Å²) in [6.45, 7) is 0. The molecule has 1 atom stereocenters. The molecular weight excluding hydrogens is 406 g/mol. The lowest BCUT2D eigenvalue weighted by molar-refractivity contribution is -0.140. The van der Waals surface area contributed by atoms with Crippen LogP contribution in [0.3, 0.4) is 0 Å². The minimum atomic E-state index is -3.19. The molecule has 30 heavy (non-hydrogen) atoms. The Morgan fingerprint density at radius 1 is 1.27 bits per heavy atom. The maximum atomic E-state index is 12.7. The van der Waals surface area contributed by atoms with Crippen molar-refractivity contribution in [1.82, 2.24) is 9.55 Å². The minimum absolute atomic E-state index is 0.0685. The zero-order chi connectivity index (χ0) is 21.6. The first-order valence-corrected chi connectivity index (χ1v) is 11.6. The highest BCUT2D eigenvalue weighted by molar-refractivity contribution is 7.89. The molecule has 2 aromatic heterocycles. The molecule has 1 aromatic carbocycles. The molecule has 0 spiro atoms. The highest BCUT2D eigenvalue weighted by Gasteiger charge is 2.27. The average molecular weight is 429 g/mol. The number of hydrogen-bond acceptors (Lipinski definition) is 6. The summed E-state index contributed by atoms with van der Waals surface area (Å²) in [5.41, 5.74) is 4.37. The van der Waals surface area contributed by atoms with Crippen molar-refractivity contribution in [2.75, 3.05) is 18.7 Å². The van der Waals surface area contributed by atoms with Gasteiger partial charge in [-0.25, -0.2) is 8.42 Å². The van der Waals surface area contributed by atoms with Gasteiger partial charge in [0.2, 0.25) is 0 Å². The van der Waals surface area contributed by atoms with Crippen molar-refractivity contribution in [1.29, 1.82) is 0 Å². The Labute approximate surface area is 173 Å². The summed E-state index contributed by atoms with van der Waals surface area (Å²) in [5.74, 6) is -0.373. The van der Waals surface area contributed by atoms with E-state index in [1.54, 1.807) is 25.5 Å². The molecule has 0 fully saturated rings. The third-order valence-electron chi connectivity index (χ3n) is 5.41. The Kier molecular flexibility index (Phi) is 4.93. The number of anilines is 1. The van der Waals surface area contributed by atoms with Crippen molar-refractivity contribution in [3.05, 3.63) is 52.1 Å². The molecule has 1 aliphatic rings. The number of benzene rings is 1. The zero-order valence-electron chi connectivity index (χ0n) is 17.0. The Morgan fingerprint density at radius 3 is 2.73 bits per heavy atom. The molecule has 8 nitrogen and oxygen atoms in total. The molecule has 0 saturated heterocycles. The molecule has 3 aromatic rings. The van der Waals surface area contributed by atoms with Crippen molar-refractivity contribution in [3.63, 3.8) is 0 Å². The number of nitrogens with one attached hydrogen (secondary N) is 2. The van der Waals surface area contributed by atoms with Crippen LogP contribution in [0.2, 0.25) is 0 Å². The lowest BCUT2D eigenvalue weighted by Gasteiger charge is -2.19. The fourth-order valence-electron chi connectivity index (χ4n) is 4.06. The standard InChI is InChI=1S/C21H23N3O5S/c1-24-10-15-13-8-12(11-30(3,27)28)4-5-16(13)23-17(6-7-18(25)29-2)14-9-22-20(19(14)15)21(24)26/h4-5,8-10,17,22-23H,6-7,11H2,1-3H3. The fraction of sp³-hybridized carbons (Fsp3) is 0.333. The Hall–Kier alpha value is -3.07. The second-order valence-corrected chi connectivity index (χ2v) is 9.85. The highest BCUT2D eigenvalue weighted by atomic mass is 32.2. The van der Waals surface area contributed by atoms with Crippen LogP contribution in [0.4, 0.5) is 5.69 Å². The monoisotopic (exact) mass is 429 g/mol. The summed E-state index contributed by atoms with van der Waals surface area (Å²) in [6, 6.07) is 5.27. The van der Waals surface area contributed by atoms with Crippen LogP contribution in [0.1, 0.15) is 30.0 Å². The van der Waals surface area contributed by atoms with Crippen LogP contribution in [0.25, 0.3) is 22.0 Å². The molecule has 1 aliphatic heterocycles. The number of sulfone groups is 1. The largest absolute Gasteiger partial charge is 0.469 e. The number of esters is 1. The normalized spacial score (nSPS) is 15.4. The van der Waals surface area contributed by atoms with E-state index >= 15 is 0 Å². The van der Waals surface area contributed by atoms with E-state index in [2.05, 4.69) is 10.3 Å². The average Bonchev–Trinajstić information content (AvgIpc) is 3.07. The van der Waals surface area contributed by atoms with Gasteiger partial charge in [-0.05, 0) is 24.1 Å². The number of hydrogen-bond donors (Lipinski definition) is 2. The quantitative estimate of drug-likeness (QED) is 0.603. The molecule has 0 radical (unpaired) electrons. The summed E-state index contributed by atoms with van der Waals surface area (Å²) in [5, 5.41) is 4.26. The van der Waals surface area contributed by atoms with Crippen molar-refractivity contribution in [2.24, 2.45) is 7.05 Å². The number of rotatable bonds is 5. The Morgan fingerprint density at radius 2 is 2.03 bits per heavy atom. The first-order chi connectivity index (χ1) is 14.2. The van der Waals surface area contributed by atoms with Gasteiger partial charge in [0.15, 0.2) is 9.84 Å². The van der Waals surface area contributed by atoms with E-state index in [4.69, 9.17) is 4.74 Å². The minimum Gasteiger partial charge on any atom is -0.469 e. The molecule has 9 heteroatoms. The van der Waals surface area contributed by atoms with Gasteiger partial charge in [0.25, 0.3) is 5.56 Å². The van der Waals surface area contributed by atoms with Crippen LogP contribution in [0, 0.1) is 0 Å². The summed E-state index contributed by atoms with van der Waals surface area (Å²) >= 11 is 0. The number of aromatic nitrogens is 2. The van der Waals surface area contributed by atoms with E-state index in [0.717, 1.165) is 27.8 Å². The number of pyridine rings is 1. The Balaban J connectivity index is 1.93. The molecule has 0 bridgehead atoms. The summed E-state index contributed by atoms with van der Waals surface area (Å²) in [4.78, 5) is 27.5. The van der Waals surface area contributed by atoms with Crippen LogP contribution < -0.4 is 10.9 Å². The predicted molar refractivity (Wildman–Crippen MR) is 115 cm³/mol. The van der Waals surface area contributed by atoms with Crippen molar-refractivity contribution >= 4 is 32.4 Å². The topological polar surface area (TPSA) is 110 Å². The molecule has 1 unspecified atom stereocenters. The maximum absolute atomic E-state index is 12.7. The second kappa shape index (κ2) is 7.32. The van der Waals surface area contributed by atoms with E-state index < -0.39 is 9.84 Å². The third-order valence-corrected chi connectivity index (χ3v) is 6.27. The molecule has 0 aliphatic carbocycles. The van der Waals surface area contributed by atoms with Gasteiger partial charge in [0, 0.05) is 59.9 Å². The molecule has 4 rings (SSSR count). The first-order valence-electron chi connectivity index (χ1n) is 9.53. The lowest BCUT2D eigenvalue weighted by Crippen LogP contribution is -2.16. The van der Waals surface area contributed by atoms with Crippen molar-refractivity contribution in [3.8, 4) is 11.1 Å². The van der Waals surface area contributed by atoms with Crippen molar-refractivity contribution < 1.29 is 17.9 Å². The number of fused-ring (bicyclic) bond motifs is 2. The van der Waals surface area contributed by atoms with Gasteiger partial charge in [-0.3, -0.25) is 9.59 Å². The Bertz CT molecular complexity index is 1320.